The number of anilines is 2. The molecule has 3 heterocycles. The molecule has 1 saturated heterocycles. The van der Waals surface area contributed by atoms with Crippen molar-refractivity contribution >= 4 is 55.5 Å². The highest BCUT2D eigenvalue weighted by Crippen LogP contribution is 2.34. The van der Waals surface area contributed by atoms with Crippen molar-refractivity contribution in [2.45, 2.75) is 24.9 Å². The van der Waals surface area contributed by atoms with Crippen LogP contribution in [0.1, 0.15) is 40.4 Å². The molecule has 0 saturated carbocycles. The maximum Gasteiger partial charge on any atom is 0.416 e. The molecule has 1 aliphatic rings. The number of alkyl halides is 3. The Kier molecular flexibility index (Phi) is 8.74. The van der Waals surface area contributed by atoms with Crippen LogP contribution in [0.3, 0.4) is 0 Å². The molecular weight excluding hydrogens is 563 g/mol. The third-order valence-corrected chi connectivity index (χ3v) is 8.07. The highest BCUT2D eigenvalue weighted by molar-refractivity contribution is 7.22. The summed E-state index contributed by atoms with van der Waals surface area (Å²) in [7, 11) is 0. The lowest BCUT2D eigenvalue weighted by atomic mass is 9.91. The number of rotatable bonds is 9. The van der Waals surface area contributed by atoms with Gasteiger partial charge in [0.25, 0.3) is 5.91 Å². The van der Waals surface area contributed by atoms with Gasteiger partial charge in [-0.25, -0.2) is 9.97 Å². The summed E-state index contributed by atoms with van der Waals surface area (Å²) in [6, 6.07) is 10.1. The van der Waals surface area contributed by atoms with Crippen LogP contribution in [0.2, 0.25) is 0 Å². The normalized spacial score (nSPS) is 15.2. The zero-order valence-electron chi connectivity index (χ0n) is 21.2. The second-order valence-corrected chi connectivity index (χ2v) is 11.0. The van der Waals surface area contributed by atoms with Gasteiger partial charge >= 0.3 is 6.18 Å². The van der Waals surface area contributed by atoms with Crippen molar-refractivity contribution in [3.63, 3.8) is 0 Å². The zero-order valence-corrected chi connectivity index (χ0v) is 22.9. The number of hydrogen-bond donors (Lipinski definition) is 2. The molecule has 2 aromatic carbocycles. The van der Waals surface area contributed by atoms with Crippen molar-refractivity contribution in [1.82, 2.24) is 14.9 Å². The van der Waals surface area contributed by atoms with Crippen molar-refractivity contribution in [2.24, 2.45) is 0 Å². The van der Waals surface area contributed by atoms with Crippen molar-refractivity contribution in [3.8, 4) is 0 Å². The Morgan fingerprint density at radius 2 is 1.93 bits per heavy atom. The van der Waals surface area contributed by atoms with Crippen LogP contribution in [-0.4, -0.2) is 59.5 Å². The minimum absolute atomic E-state index is 0.298. The van der Waals surface area contributed by atoms with Gasteiger partial charge in [0.15, 0.2) is 5.13 Å². The summed E-state index contributed by atoms with van der Waals surface area (Å²) in [5, 5.41) is 7.63. The minimum atomic E-state index is -4.51. The molecule has 0 aliphatic carbocycles. The average molecular weight is 590 g/mol. The Bertz CT molecular complexity index is 1470. The summed E-state index contributed by atoms with van der Waals surface area (Å²) in [4.78, 5) is 36.4. The van der Waals surface area contributed by atoms with Gasteiger partial charge in [-0.05, 0) is 49.2 Å². The molecule has 0 bridgehead atoms. The van der Waals surface area contributed by atoms with E-state index in [4.69, 9.17) is 4.74 Å². The monoisotopic (exact) mass is 589 g/mol. The van der Waals surface area contributed by atoms with E-state index in [0.29, 0.717) is 53.6 Å². The lowest BCUT2D eigenvalue weighted by Gasteiger charge is -2.27. The Labute approximate surface area is 236 Å². The number of benzene rings is 2. The highest BCUT2D eigenvalue weighted by Gasteiger charge is 2.32. The molecule has 13 heteroatoms. The number of fused-ring (bicyclic) bond motifs is 1. The maximum absolute atomic E-state index is 13.5. The molecule has 2 amide bonds. The second kappa shape index (κ2) is 12.4. The van der Waals surface area contributed by atoms with Gasteiger partial charge in [-0.2, -0.15) is 13.2 Å². The number of halogens is 3. The molecule has 4 aromatic rings. The fourth-order valence-corrected chi connectivity index (χ4v) is 5.93. The van der Waals surface area contributed by atoms with Crippen molar-refractivity contribution in [3.05, 3.63) is 70.2 Å². The molecule has 40 heavy (non-hydrogen) atoms. The summed E-state index contributed by atoms with van der Waals surface area (Å²) in [6.07, 6.45) is -3.47. The molecule has 0 radical (unpaired) electrons. The fourth-order valence-electron chi connectivity index (χ4n) is 4.50. The first-order valence-electron chi connectivity index (χ1n) is 12.6. The van der Waals surface area contributed by atoms with Gasteiger partial charge in [0.1, 0.15) is 5.69 Å². The maximum atomic E-state index is 13.5. The number of nitrogens with zero attached hydrogens (tertiary/aromatic N) is 3. The first kappa shape index (κ1) is 28.1. The summed E-state index contributed by atoms with van der Waals surface area (Å²) in [5.74, 6) is -1.52. The molecular formula is C27H26F3N5O3S2. The number of carbonyl (C=O) groups is 2. The zero-order chi connectivity index (χ0) is 28.1. The molecule has 2 aromatic heterocycles. The molecule has 8 nitrogen and oxygen atoms in total. The van der Waals surface area contributed by atoms with E-state index in [1.54, 1.807) is 35.2 Å². The Hall–Kier alpha value is -3.39. The van der Waals surface area contributed by atoms with Crippen LogP contribution in [0.5, 0.6) is 0 Å². The summed E-state index contributed by atoms with van der Waals surface area (Å²) in [6.45, 7) is 3.61. The van der Waals surface area contributed by atoms with Crippen LogP contribution in [0, 0.1) is 0 Å². The van der Waals surface area contributed by atoms with Gasteiger partial charge in [0.2, 0.25) is 5.91 Å². The number of ether oxygens (including phenoxy) is 1. The lowest BCUT2D eigenvalue weighted by Crippen LogP contribution is -2.37. The molecule has 210 valence electrons. The van der Waals surface area contributed by atoms with Gasteiger partial charge in [-0.3, -0.25) is 19.8 Å². The largest absolute Gasteiger partial charge is 0.416 e. The molecule has 5 rings (SSSR count). The average Bonchev–Trinajstić information content (AvgIpc) is 3.61. The predicted octanol–water partition coefficient (Wildman–Crippen LogP) is 5.86. The van der Waals surface area contributed by atoms with Crippen molar-refractivity contribution in [1.29, 1.82) is 0 Å². The summed E-state index contributed by atoms with van der Waals surface area (Å²) < 4.78 is 46.4. The van der Waals surface area contributed by atoms with Gasteiger partial charge in [-0.1, -0.05) is 29.5 Å². The van der Waals surface area contributed by atoms with Crippen LogP contribution in [0.15, 0.2) is 53.4 Å². The molecule has 1 unspecified atom stereocenters. The molecule has 1 aliphatic heterocycles. The minimum Gasteiger partial charge on any atom is -0.379 e. The third-order valence-electron chi connectivity index (χ3n) is 6.55. The van der Waals surface area contributed by atoms with Gasteiger partial charge in [0, 0.05) is 24.2 Å². The van der Waals surface area contributed by atoms with E-state index in [9.17, 15) is 22.8 Å². The number of carbonyl (C=O) groups excluding carboxylic acids is 2. The topological polar surface area (TPSA) is 96.5 Å². The van der Waals surface area contributed by atoms with E-state index in [1.165, 1.54) is 28.7 Å². The molecule has 1 fully saturated rings. The predicted molar refractivity (Wildman–Crippen MR) is 149 cm³/mol. The lowest BCUT2D eigenvalue weighted by molar-refractivity contribution is -0.137. The molecule has 2 N–H and O–H groups in total. The van der Waals surface area contributed by atoms with E-state index in [0.717, 1.165) is 36.5 Å². The van der Waals surface area contributed by atoms with Crippen LogP contribution in [0.4, 0.5) is 24.0 Å². The number of amides is 2. The van der Waals surface area contributed by atoms with Crippen LogP contribution >= 0.6 is 22.7 Å². The number of morpholine rings is 1. The van der Waals surface area contributed by atoms with Crippen molar-refractivity contribution in [2.75, 3.05) is 43.5 Å². The van der Waals surface area contributed by atoms with E-state index < -0.39 is 17.7 Å². The van der Waals surface area contributed by atoms with Crippen LogP contribution in [-0.2, 0) is 15.7 Å². The first-order chi connectivity index (χ1) is 19.3. The second-order valence-electron chi connectivity index (χ2n) is 9.29. The number of aromatic nitrogens is 2. The SMILES string of the molecule is O=C(Nc1nc2ccc(NC(=O)C(CCCN3CCOCC3)c3cccc(C(F)(F)F)c3)cc2s1)c1cscn1. The van der Waals surface area contributed by atoms with Crippen LogP contribution in [0.25, 0.3) is 10.2 Å². The first-order valence-corrected chi connectivity index (χ1v) is 14.4. The third kappa shape index (κ3) is 7.02. The highest BCUT2D eigenvalue weighted by atomic mass is 32.1. The van der Waals surface area contributed by atoms with Gasteiger partial charge < -0.3 is 10.1 Å². The number of thiazole rings is 2. The molecule has 0 spiro atoms. The van der Waals surface area contributed by atoms with E-state index in [1.807, 2.05) is 0 Å². The number of nitrogens with one attached hydrogen (secondary N) is 2. The Balaban J connectivity index is 1.31. The molecule has 1 atom stereocenters. The van der Waals surface area contributed by atoms with E-state index in [-0.39, 0.29) is 11.8 Å². The van der Waals surface area contributed by atoms with Gasteiger partial charge in [0.05, 0.1) is 40.4 Å². The smallest absolute Gasteiger partial charge is 0.379 e. The summed E-state index contributed by atoms with van der Waals surface area (Å²) >= 11 is 2.56. The quantitative estimate of drug-likeness (QED) is 0.254. The summed E-state index contributed by atoms with van der Waals surface area (Å²) in [5.41, 5.74) is 2.53. The Morgan fingerprint density at radius 1 is 1.10 bits per heavy atom. The van der Waals surface area contributed by atoms with Crippen molar-refractivity contribution < 1.29 is 27.5 Å². The Morgan fingerprint density at radius 3 is 2.67 bits per heavy atom. The van der Waals surface area contributed by atoms with Gasteiger partial charge in [-0.15, -0.1) is 11.3 Å². The van der Waals surface area contributed by atoms with E-state index >= 15 is 0 Å². The number of hydrogen-bond acceptors (Lipinski definition) is 8. The van der Waals surface area contributed by atoms with Crippen LogP contribution < -0.4 is 10.6 Å². The van der Waals surface area contributed by atoms with E-state index in [2.05, 4.69) is 25.5 Å². The standard InChI is InChI=1S/C27H26F3N5O3S2/c28-27(29,30)18-4-1-3-17(13-18)20(5-2-8-35-9-11-38-12-10-35)24(36)32-19-6-7-21-23(14-19)40-26(33-21)34-25(37)22-15-39-16-31-22/h1,3-4,6-7,13-16,20H,2,5,8-12H2,(H,32,36)(H,33,34,37). The fraction of sp³-hybridized carbons (Fsp3) is 0.333.